The van der Waals surface area contributed by atoms with Crippen molar-refractivity contribution in [2.75, 3.05) is 32.1 Å². The molecule has 2 rings (SSSR count). The standard InChI is InChI=1S/C19H28N4O5/c1-28-15-7-8-16(17(11-15)23(26)27)21-19(25)13-22(12-18(20)24)10-9-14-5-3-2-4-6-14/h7-8,11,14H,2-6,9-10,12-13H2,1H3,(H2,20,24)(H,21,25). The van der Waals surface area contributed by atoms with Crippen LogP contribution in [-0.2, 0) is 9.59 Å². The zero-order valence-corrected chi connectivity index (χ0v) is 16.2. The molecule has 2 amide bonds. The van der Waals surface area contributed by atoms with Gasteiger partial charge in [0.05, 0.1) is 31.2 Å². The molecular formula is C19H28N4O5. The van der Waals surface area contributed by atoms with Crippen LogP contribution in [0.25, 0.3) is 0 Å². The number of nitro groups is 1. The molecule has 0 heterocycles. The van der Waals surface area contributed by atoms with E-state index in [9.17, 15) is 19.7 Å². The topological polar surface area (TPSA) is 128 Å². The molecule has 0 aromatic heterocycles. The lowest BCUT2D eigenvalue weighted by Crippen LogP contribution is -2.40. The van der Waals surface area contributed by atoms with Gasteiger partial charge in [0.2, 0.25) is 11.8 Å². The molecule has 1 aromatic rings. The van der Waals surface area contributed by atoms with Crippen molar-refractivity contribution in [2.24, 2.45) is 11.7 Å². The molecule has 0 unspecified atom stereocenters. The van der Waals surface area contributed by atoms with E-state index in [1.807, 2.05) is 0 Å². The van der Waals surface area contributed by atoms with Crippen LogP contribution in [0.1, 0.15) is 38.5 Å². The van der Waals surface area contributed by atoms with Gasteiger partial charge in [-0.3, -0.25) is 24.6 Å². The van der Waals surface area contributed by atoms with E-state index in [-0.39, 0.29) is 24.5 Å². The van der Waals surface area contributed by atoms with E-state index >= 15 is 0 Å². The fourth-order valence-electron chi connectivity index (χ4n) is 3.56. The van der Waals surface area contributed by atoms with E-state index in [0.29, 0.717) is 18.2 Å². The number of nitrogens with zero attached hydrogens (tertiary/aromatic N) is 2. The van der Waals surface area contributed by atoms with Gasteiger partial charge in [-0.05, 0) is 31.0 Å². The molecular weight excluding hydrogens is 364 g/mol. The van der Waals surface area contributed by atoms with Crippen molar-refractivity contribution in [3.8, 4) is 5.75 Å². The second-order valence-corrected chi connectivity index (χ2v) is 7.16. The maximum atomic E-state index is 12.4. The first kappa shape index (κ1) is 21.6. The lowest BCUT2D eigenvalue weighted by atomic mass is 9.87. The van der Waals surface area contributed by atoms with Gasteiger partial charge in [0, 0.05) is 0 Å². The summed E-state index contributed by atoms with van der Waals surface area (Å²) in [6.07, 6.45) is 6.97. The minimum atomic E-state index is -0.581. The third-order valence-corrected chi connectivity index (χ3v) is 5.00. The number of amides is 2. The van der Waals surface area contributed by atoms with Crippen LogP contribution in [0.4, 0.5) is 11.4 Å². The summed E-state index contributed by atoms with van der Waals surface area (Å²) in [5.74, 6) is -0.00701. The van der Waals surface area contributed by atoms with Crippen LogP contribution >= 0.6 is 0 Å². The molecule has 0 radical (unpaired) electrons. The Kier molecular flexibility index (Phi) is 8.19. The molecule has 28 heavy (non-hydrogen) atoms. The number of nitrogens with one attached hydrogen (secondary N) is 1. The summed E-state index contributed by atoms with van der Waals surface area (Å²) in [6.45, 7) is 0.509. The Morgan fingerprint density at radius 1 is 1.29 bits per heavy atom. The molecule has 0 atom stereocenters. The number of methoxy groups -OCH3 is 1. The van der Waals surface area contributed by atoms with Crippen LogP contribution in [0.15, 0.2) is 18.2 Å². The summed E-state index contributed by atoms with van der Waals surface area (Å²) < 4.78 is 4.99. The first-order chi connectivity index (χ1) is 13.4. The normalized spacial score (nSPS) is 14.6. The molecule has 9 nitrogen and oxygen atoms in total. The SMILES string of the molecule is COc1ccc(NC(=O)CN(CCC2CCCCC2)CC(N)=O)c([N+](=O)[O-])c1. The summed E-state index contributed by atoms with van der Waals surface area (Å²) in [6, 6.07) is 4.21. The van der Waals surface area contributed by atoms with E-state index in [2.05, 4.69) is 5.32 Å². The summed E-state index contributed by atoms with van der Waals surface area (Å²) in [7, 11) is 1.41. The molecule has 154 valence electrons. The fourth-order valence-corrected chi connectivity index (χ4v) is 3.56. The Labute approximate surface area is 164 Å². The zero-order chi connectivity index (χ0) is 20.5. The monoisotopic (exact) mass is 392 g/mol. The molecule has 0 aliphatic heterocycles. The van der Waals surface area contributed by atoms with Crippen molar-refractivity contribution < 1.29 is 19.2 Å². The number of anilines is 1. The van der Waals surface area contributed by atoms with E-state index in [1.54, 1.807) is 4.90 Å². The lowest BCUT2D eigenvalue weighted by Gasteiger charge is -2.26. The summed E-state index contributed by atoms with van der Waals surface area (Å²) >= 11 is 0. The van der Waals surface area contributed by atoms with Crippen molar-refractivity contribution in [1.82, 2.24) is 4.90 Å². The number of ether oxygens (including phenoxy) is 1. The highest BCUT2D eigenvalue weighted by molar-refractivity contribution is 5.94. The predicted octanol–water partition coefficient (Wildman–Crippen LogP) is 2.30. The Morgan fingerprint density at radius 2 is 2.00 bits per heavy atom. The Bertz CT molecular complexity index is 704. The highest BCUT2D eigenvalue weighted by Crippen LogP contribution is 2.29. The first-order valence-corrected chi connectivity index (χ1v) is 9.52. The van der Waals surface area contributed by atoms with Crippen LogP contribution in [0.2, 0.25) is 0 Å². The van der Waals surface area contributed by atoms with Gasteiger partial charge in [-0.25, -0.2) is 0 Å². The van der Waals surface area contributed by atoms with Crippen LogP contribution < -0.4 is 15.8 Å². The summed E-state index contributed by atoms with van der Waals surface area (Å²) in [5, 5.41) is 13.8. The lowest BCUT2D eigenvalue weighted by molar-refractivity contribution is -0.384. The highest BCUT2D eigenvalue weighted by Gasteiger charge is 2.21. The number of hydrogen-bond acceptors (Lipinski definition) is 6. The number of benzene rings is 1. The van der Waals surface area contributed by atoms with E-state index in [0.717, 1.165) is 6.42 Å². The van der Waals surface area contributed by atoms with Crippen molar-refractivity contribution in [2.45, 2.75) is 38.5 Å². The second-order valence-electron chi connectivity index (χ2n) is 7.16. The van der Waals surface area contributed by atoms with Gasteiger partial charge in [-0.15, -0.1) is 0 Å². The largest absolute Gasteiger partial charge is 0.496 e. The number of carbonyl (C=O) groups excluding carboxylic acids is 2. The summed E-state index contributed by atoms with van der Waals surface area (Å²) in [4.78, 5) is 36.1. The first-order valence-electron chi connectivity index (χ1n) is 9.52. The molecule has 0 bridgehead atoms. The predicted molar refractivity (Wildman–Crippen MR) is 105 cm³/mol. The molecule has 0 spiro atoms. The Balaban J connectivity index is 1.98. The zero-order valence-electron chi connectivity index (χ0n) is 16.2. The molecule has 1 aliphatic carbocycles. The average molecular weight is 392 g/mol. The minimum absolute atomic E-state index is 0.0230. The molecule has 1 fully saturated rings. The number of hydrogen-bond donors (Lipinski definition) is 2. The van der Waals surface area contributed by atoms with Gasteiger partial charge in [0.1, 0.15) is 11.4 Å². The van der Waals surface area contributed by atoms with E-state index in [1.165, 1.54) is 57.4 Å². The number of rotatable bonds is 10. The van der Waals surface area contributed by atoms with E-state index in [4.69, 9.17) is 10.5 Å². The Hall–Kier alpha value is -2.68. The quantitative estimate of drug-likeness (QED) is 0.464. The number of nitro benzene ring substituents is 1. The maximum Gasteiger partial charge on any atom is 0.296 e. The van der Waals surface area contributed by atoms with E-state index < -0.39 is 16.7 Å². The van der Waals surface area contributed by atoms with Gasteiger partial charge in [0.25, 0.3) is 5.69 Å². The van der Waals surface area contributed by atoms with Crippen molar-refractivity contribution in [1.29, 1.82) is 0 Å². The fraction of sp³-hybridized carbons (Fsp3) is 0.579. The summed E-state index contributed by atoms with van der Waals surface area (Å²) in [5.41, 5.74) is 5.14. The van der Waals surface area contributed by atoms with Crippen LogP contribution in [0.5, 0.6) is 5.75 Å². The number of nitrogens with two attached hydrogens (primary N) is 1. The molecule has 9 heteroatoms. The van der Waals surface area contributed by atoms with Crippen LogP contribution in [0.3, 0.4) is 0 Å². The third kappa shape index (κ3) is 6.80. The highest BCUT2D eigenvalue weighted by atomic mass is 16.6. The Morgan fingerprint density at radius 3 is 2.61 bits per heavy atom. The van der Waals surface area contributed by atoms with Gasteiger partial charge in [0.15, 0.2) is 0 Å². The van der Waals surface area contributed by atoms with Crippen molar-refractivity contribution in [3.63, 3.8) is 0 Å². The minimum Gasteiger partial charge on any atom is -0.496 e. The molecule has 0 saturated heterocycles. The molecule has 1 aromatic carbocycles. The smallest absolute Gasteiger partial charge is 0.296 e. The maximum absolute atomic E-state index is 12.4. The number of primary amides is 1. The second kappa shape index (κ2) is 10.6. The van der Waals surface area contributed by atoms with Gasteiger partial charge in [-0.2, -0.15) is 0 Å². The molecule has 3 N–H and O–H groups in total. The molecule has 1 saturated carbocycles. The molecule has 1 aliphatic rings. The van der Waals surface area contributed by atoms with Crippen molar-refractivity contribution >= 4 is 23.2 Å². The van der Waals surface area contributed by atoms with Crippen molar-refractivity contribution in [3.05, 3.63) is 28.3 Å². The van der Waals surface area contributed by atoms with Crippen LogP contribution in [-0.4, -0.2) is 48.4 Å². The van der Waals surface area contributed by atoms with Gasteiger partial charge in [-0.1, -0.05) is 32.1 Å². The average Bonchev–Trinajstić information content (AvgIpc) is 2.66. The van der Waals surface area contributed by atoms with Gasteiger partial charge >= 0.3 is 0 Å². The van der Waals surface area contributed by atoms with Gasteiger partial charge < -0.3 is 15.8 Å². The third-order valence-electron chi connectivity index (χ3n) is 5.00. The number of carbonyl (C=O) groups is 2. The van der Waals surface area contributed by atoms with Crippen LogP contribution in [0, 0.1) is 16.0 Å².